The lowest BCUT2D eigenvalue weighted by molar-refractivity contribution is -0.153. The number of hydrogen-bond acceptors (Lipinski definition) is 3. The maximum absolute atomic E-state index is 10.8. The first-order valence-electron chi connectivity index (χ1n) is 3.96. The first kappa shape index (κ1) is 11.0. The predicted molar refractivity (Wildman–Crippen MR) is 45.3 cm³/mol. The van der Waals surface area contributed by atoms with E-state index in [0.29, 0.717) is 19.4 Å². The third-order valence-electron chi connectivity index (χ3n) is 1.28. The molecule has 1 N–H and O–H groups in total. The van der Waals surface area contributed by atoms with Crippen molar-refractivity contribution in [2.75, 3.05) is 6.61 Å². The topological polar surface area (TPSA) is 46.5 Å². The van der Waals surface area contributed by atoms with E-state index in [9.17, 15) is 4.79 Å². The summed E-state index contributed by atoms with van der Waals surface area (Å²) >= 11 is 0. The Hall–Kier alpha value is -1.01. The largest absolute Gasteiger partial charge is 0.464 e. The SMILES string of the molecule is CC#CCCC(O)C(=O)OCC. The van der Waals surface area contributed by atoms with Crippen molar-refractivity contribution in [3.8, 4) is 11.8 Å². The van der Waals surface area contributed by atoms with Gasteiger partial charge in [0.05, 0.1) is 6.61 Å². The van der Waals surface area contributed by atoms with Crippen LogP contribution in [0.2, 0.25) is 0 Å². The van der Waals surface area contributed by atoms with Crippen LogP contribution in [0.5, 0.6) is 0 Å². The molecular weight excluding hydrogens is 156 g/mol. The van der Waals surface area contributed by atoms with Gasteiger partial charge in [-0.3, -0.25) is 0 Å². The monoisotopic (exact) mass is 170 g/mol. The Morgan fingerprint density at radius 3 is 2.83 bits per heavy atom. The number of aliphatic hydroxyl groups is 1. The molecule has 0 aromatic heterocycles. The molecule has 0 bridgehead atoms. The van der Waals surface area contributed by atoms with Crippen LogP contribution in [0.25, 0.3) is 0 Å². The Labute approximate surface area is 72.7 Å². The summed E-state index contributed by atoms with van der Waals surface area (Å²) in [4.78, 5) is 10.8. The maximum atomic E-state index is 10.8. The molecule has 12 heavy (non-hydrogen) atoms. The second-order valence-corrected chi connectivity index (χ2v) is 2.23. The fourth-order valence-corrected chi connectivity index (χ4v) is 0.690. The summed E-state index contributed by atoms with van der Waals surface area (Å²) in [5.41, 5.74) is 0. The van der Waals surface area contributed by atoms with E-state index in [1.165, 1.54) is 0 Å². The van der Waals surface area contributed by atoms with E-state index < -0.39 is 12.1 Å². The smallest absolute Gasteiger partial charge is 0.334 e. The number of rotatable bonds is 4. The van der Waals surface area contributed by atoms with E-state index in [1.54, 1.807) is 13.8 Å². The summed E-state index contributed by atoms with van der Waals surface area (Å²) in [5.74, 6) is 4.88. The molecule has 0 heterocycles. The molecule has 3 nitrogen and oxygen atoms in total. The number of aliphatic hydroxyl groups excluding tert-OH is 1. The average Bonchev–Trinajstić information content (AvgIpc) is 2.05. The summed E-state index contributed by atoms with van der Waals surface area (Å²) in [6.45, 7) is 3.72. The number of carbonyl (C=O) groups is 1. The van der Waals surface area contributed by atoms with Gasteiger partial charge in [-0.2, -0.15) is 0 Å². The van der Waals surface area contributed by atoms with Crippen LogP contribution in [0.15, 0.2) is 0 Å². The van der Waals surface area contributed by atoms with E-state index in [0.717, 1.165) is 0 Å². The van der Waals surface area contributed by atoms with Gasteiger partial charge < -0.3 is 9.84 Å². The van der Waals surface area contributed by atoms with Crippen LogP contribution in [0, 0.1) is 11.8 Å². The van der Waals surface area contributed by atoms with Crippen LogP contribution in [-0.2, 0) is 9.53 Å². The lowest BCUT2D eigenvalue weighted by Crippen LogP contribution is -2.22. The molecule has 0 aliphatic rings. The van der Waals surface area contributed by atoms with Crippen LogP contribution in [-0.4, -0.2) is 23.8 Å². The maximum Gasteiger partial charge on any atom is 0.334 e. The van der Waals surface area contributed by atoms with Crippen molar-refractivity contribution in [1.82, 2.24) is 0 Å². The molecule has 0 saturated carbocycles. The van der Waals surface area contributed by atoms with Crippen LogP contribution in [0.1, 0.15) is 26.7 Å². The predicted octanol–water partition coefficient (Wildman–Crippen LogP) is 0.714. The molecule has 1 atom stereocenters. The molecule has 0 fully saturated rings. The van der Waals surface area contributed by atoms with Crippen LogP contribution < -0.4 is 0 Å². The van der Waals surface area contributed by atoms with Gasteiger partial charge in [-0.1, -0.05) is 0 Å². The standard InChI is InChI=1S/C9H14O3/c1-3-5-6-7-8(10)9(11)12-4-2/h8,10H,4,6-7H2,1-2H3. The first-order valence-corrected chi connectivity index (χ1v) is 3.96. The van der Waals surface area contributed by atoms with Crippen molar-refractivity contribution in [1.29, 1.82) is 0 Å². The van der Waals surface area contributed by atoms with Gasteiger partial charge in [0.15, 0.2) is 6.10 Å². The number of esters is 1. The minimum atomic E-state index is -1.02. The molecular formula is C9H14O3. The number of ether oxygens (including phenoxy) is 1. The summed E-state index contributed by atoms with van der Waals surface area (Å²) in [7, 11) is 0. The Morgan fingerprint density at radius 1 is 1.67 bits per heavy atom. The van der Waals surface area contributed by atoms with Crippen molar-refractivity contribution in [3.05, 3.63) is 0 Å². The number of carbonyl (C=O) groups excluding carboxylic acids is 1. The zero-order chi connectivity index (χ0) is 9.40. The minimum Gasteiger partial charge on any atom is -0.464 e. The molecule has 0 aromatic carbocycles. The van der Waals surface area contributed by atoms with Gasteiger partial charge in [0.25, 0.3) is 0 Å². The van der Waals surface area contributed by atoms with Crippen LogP contribution in [0.3, 0.4) is 0 Å². The second-order valence-electron chi connectivity index (χ2n) is 2.23. The summed E-state index contributed by atoms with van der Waals surface area (Å²) in [5, 5.41) is 9.13. The third-order valence-corrected chi connectivity index (χ3v) is 1.28. The Balaban J connectivity index is 3.61. The van der Waals surface area contributed by atoms with Crippen molar-refractivity contribution >= 4 is 5.97 Å². The van der Waals surface area contributed by atoms with Gasteiger partial charge in [-0.05, 0) is 20.3 Å². The van der Waals surface area contributed by atoms with E-state index in [4.69, 9.17) is 5.11 Å². The van der Waals surface area contributed by atoms with E-state index in [1.807, 2.05) is 0 Å². The summed E-state index contributed by atoms with van der Waals surface area (Å²) in [6, 6.07) is 0. The highest BCUT2D eigenvalue weighted by Crippen LogP contribution is 1.98. The van der Waals surface area contributed by atoms with Gasteiger partial charge in [0, 0.05) is 6.42 Å². The normalized spacial score (nSPS) is 11.2. The second kappa shape index (κ2) is 6.68. The van der Waals surface area contributed by atoms with Crippen molar-refractivity contribution < 1.29 is 14.6 Å². The highest BCUT2D eigenvalue weighted by Gasteiger charge is 2.14. The summed E-state index contributed by atoms with van der Waals surface area (Å²) in [6.07, 6.45) is -0.151. The van der Waals surface area contributed by atoms with Gasteiger partial charge in [0.1, 0.15) is 0 Å². The van der Waals surface area contributed by atoms with Crippen molar-refractivity contribution in [2.45, 2.75) is 32.8 Å². The molecule has 0 rings (SSSR count). The number of hydrogen-bond donors (Lipinski definition) is 1. The van der Waals surface area contributed by atoms with Gasteiger partial charge in [-0.25, -0.2) is 4.79 Å². The highest BCUT2D eigenvalue weighted by molar-refractivity contribution is 5.74. The Kier molecular flexibility index (Phi) is 6.12. The Bertz CT molecular complexity index is 188. The lowest BCUT2D eigenvalue weighted by atomic mass is 10.2. The van der Waals surface area contributed by atoms with E-state index >= 15 is 0 Å². The van der Waals surface area contributed by atoms with Crippen molar-refractivity contribution in [3.63, 3.8) is 0 Å². The third kappa shape index (κ3) is 4.75. The molecule has 3 heteroatoms. The molecule has 0 radical (unpaired) electrons. The molecule has 1 unspecified atom stereocenters. The molecule has 0 aliphatic heterocycles. The van der Waals surface area contributed by atoms with Gasteiger partial charge >= 0.3 is 5.97 Å². The quantitative estimate of drug-likeness (QED) is 0.499. The molecule has 0 saturated heterocycles. The summed E-state index contributed by atoms with van der Waals surface area (Å²) < 4.78 is 4.60. The van der Waals surface area contributed by atoms with Crippen molar-refractivity contribution in [2.24, 2.45) is 0 Å². The fourth-order valence-electron chi connectivity index (χ4n) is 0.690. The highest BCUT2D eigenvalue weighted by atomic mass is 16.5. The Morgan fingerprint density at radius 2 is 2.33 bits per heavy atom. The first-order chi connectivity index (χ1) is 5.72. The van der Waals surface area contributed by atoms with Gasteiger partial charge in [-0.15, -0.1) is 11.8 Å². The molecule has 0 aromatic rings. The van der Waals surface area contributed by atoms with Crippen LogP contribution >= 0.6 is 0 Å². The van der Waals surface area contributed by atoms with E-state index in [2.05, 4.69) is 16.6 Å². The van der Waals surface area contributed by atoms with Crippen LogP contribution in [0.4, 0.5) is 0 Å². The molecule has 0 spiro atoms. The fraction of sp³-hybridized carbons (Fsp3) is 0.667. The zero-order valence-electron chi connectivity index (χ0n) is 7.46. The minimum absolute atomic E-state index is 0.301. The van der Waals surface area contributed by atoms with E-state index in [-0.39, 0.29) is 0 Å². The van der Waals surface area contributed by atoms with Gasteiger partial charge in [0.2, 0.25) is 0 Å². The molecule has 0 amide bonds. The molecule has 0 aliphatic carbocycles. The molecule has 68 valence electrons. The zero-order valence-corrected chi connectivity index (χ0v) is 7.46. The average molecular weight is 170 g/mol. The lowest BCUT2D eigenvalue weighted by Gasteiger charge is -2.06.